The van der Waals surface area contributed by atoms with E-state index in [1.807, 2.05) is 46.2 Å². The number of hydrazine groups is 1. The van der Waals surface area contributed by atoms with Gasteiger partial charge in [0.2, 0.25) is 0 Å². The number of rotatable bonds is 15. The molecule has 8 nitrogen and oxygen atoms in total. The summed E-state index contributed by atoms with van der Waals surface area (Å²) in [5, 5.41) is 9.50. The molecule has 0 saturated heterocycles. The zero-order chi connectivity index (χ0) is 29.6. The van der Waals surface area contributed by atoms with Crippen molar-refractivity contribution < 1.29 is 28.5 Å². The normalized spacial score (nSPS) is 13.6. The highest BCUT2D eigenvalue weighted by Crippen LogP contribution is 2.24. The van der Waals surface area contributed by atoms with Gasteiger partial charge in [-0.15, -0.1) is 11.3 Å². The average molecular weight is 627 g/mol. The highest BCUT2D eigenvalue weighted by molar-refractivity contribution is 8.16. The van der Waals surface area contributed by atoms with E-state index in [0.717, 1.165) is 33.3 Å². The third-order valence-electron chi connectivity index (χ3n) is 6.30. The summed E-state index contributed by atoms with van der Waals surface area (Å²) in [5.74, 6) is 6.11. The van der Waals surface area contributed by atoms with E-state index in [0.29, 0.717) is 50.4 Å². The second-order valence-electron chi connectivity index (χ2n) is 9.23. The summed E-state index contributed by atoms with van der Waals surface area (Å²) in [6, 6.07) is 13.9. The number of benzene rings is 1. The van der Waals surface area contributed by atoms with Crippen LogP contribution < -0.4 is 0 Å². The van der Waals surface area contributed by atoms with Crippen LogP contribution in [-0.4, -0.2) is 74.6 Å². The Morgan fingerprint density at radius 2 is 1.93 bits per heavy atom. The van der Waals surface area contributed by atoms with E-state index in [4.69, 9.17) is 18.9 Å². The molecule has 42 heavy (non-hydrogen) atoms. The molecule has 1 amide bonds. The number of carbonyl (C=O) groups excluding carboxylic acids is 2. The SMILES string of the molecule is COCCOCO[C@H](CCN1C=CSC(=O)N1CCc1ccc(C(=O)OC)s1)Cc1cccc(C#Cc2ccsc2)c1. The van der Waals surface area contributed by atoms with Crippen LogP contribution in [-0.2, 0) is 31.8 Å². The summed E-state index contributed by atoms with van der Waals surface area (Å²) in [6.45, 7) is 2.18. The minimum Gasteiger partial charge on any atom is -0.465 e. The standard InChI is InChI=1S/C31H34N2O6S3/c1-36-16-17-38-23-39-27(21-26-5-3-4-24(20-26)6-7-25-12-18-40-22-25)10-13-32-15-19-41-31(35)33(32)14-11-28-8-9-29(42-28)30(34)37-2/h3-5,8-9,12,15,18-20,22,27H,10-11,13-14,16-17,21,23H2,1-2H3/t27-/m1/s1. The van der Waals surface area contributed by atoms with Crippen molar-refractivity contribution in [3.05, 3.63) is 91.3 Å². The van der Waals surface area contributed by atoms with Gasteiger partial charge in [0.15, 0.2) is 0 Å². The van der Waals surface area contributed by atoms with Crippen LogP contribution in [0.5, 0.6) is 0 Å². The lowest BCUT2D eigenvalue weighted by Gasteiger charge is -2.36. The largest absolute Gasteiger partial charge is 0.465 e. The van der Waals surface area contributed by atoms with Gasteiger partial charge in [0.05, 0.1) is 26.4 Å². The molecule has 1 atom stereocenters. The van der Waals surface area contributed by atoms with Gasteiger partial charge in [-0.25, -0.2) is 9.80 Å². The quantitative estimate of drug-likeness (QED) is 0.0876. The number of amides is 1. The van der Waals surface area contributed by atoms with E-state index >= 15 is 0 Å². The number of ether oxygens (including phenoxy) is 4. The van der Waals surface area contributed by atoms with Gasteiger partial charge < -0.3 is 18.9 Å². The van der Waals surface area contributed by atoms with Gasteiger partial charge in [0.1, 0.15) is 11.7 Å². The first-order chi connectivity index (χ1) is 20.6. The molecular formula is C31H34N2O6S3. The van der Waals surface area contributed by atoms with Crippen LogP contribution in [0.25, 0.3) is 0 Å². The Bertz CT molecular complexity index is 1380. The van der Waals surface area contributed by atoms with Crippen molar-refractivity contribution in [2.24, 2.45) is 0 Å². The van der Waals surface area contributed by atoms with Crippen LogP contribution >= 0.6 is 34.4 Å². The molecule has 0 aliphatic carbocycles. The lowest BCUT2D eigenvalue weighted by molar-refractivity contribution is -0.102. The molecule has 4 rings (SSSR count). The lowest BCUT2D eigenvalue weighted by atomic mass is 10.0. The van der Waals surface area contributed by atoms with E-state index in [2.05, 4.69) is 24.0 Å². The van der Waals surface area contributed by atoms with E-state index < -0.39 is 0 Å². The predicted octanol–water partition coefficient (Wildman–Crippen LogP) is 6.03. The molecule has 11 heteroatoms. The fourth-order valence-corrected chi connectivity index (χ4v) is 6.28. The Balaban J connectivity index is 1.39. The molecule has 0 bridgehead atoms. The monoisotopic (exact) mass is 626 g/mol. The smallest absolute Gasteiger partial charge is 0.348 e. The van der Waals surface area contributed by atoms with Crippen molar-refractivity contribution in [2.45, 2.75) is 25.4 Å². The first kappa shape index (κ1) is 31.8. The maximum atomic E-state index is 12.8. The van der Waals surface area contributed by atoms with Crippen LogP contribution in [0, 0.1) is 11.8 Å². The van der Waals surface area contributed by atoms with Crippen molar-refractivity contribution in [1.82, 2.24) is 10.0 Å². The van der Waals surface area contributed by atoms with Crippen LogP contribution in [0.4, 0.5) is 4.79 Å². The number of hydrogen-bond donors (Lipinski definition) is 0. The molecule has 3 heterocycles. The van der Waals surface area contributed by atoms with E-state index in [1.165, 1.54) is 18.4 Å². The molecule has 0 unspecified atom stereocenters. The highest BCUT2D eigenvalue weighted by atomic mass is 32.2. The predicted molar refractivity (Wildman–Crippen MR) is 168 cm³/mol. The third kappa shape index (κ3) is 10.0. The van der Waals surface area contributed by atoms with Crippen molar-refractivity contribution in [2.75, 3.05) is 47.3 Å². The fraction of sp³-hybridized carbons (Fsp3) is 0.355. The van der Waals surface area contributed by atoms with Crippen molar-refractivity contribution in [3.63, 3.8) is 0 Å². The Kier molecular flexibility index (Phi) is 13.0. The summed E-state index contributed by atoms with van der Waals surface area (Å²) < 4.78 is 21.6. The molecule has 0 saturated carbocycles. The van der Waals surface area contributed by atoms with Gasteiger partial charge in [0, 0.05) is 54.2 Å². The molecule has 0 spiro atoms. The van der Waals surface area contributed by atoms with Gasteiger partial charge in [-0.2, -0.15) is 11.3 Å². The number of thioether (sulfide) groups is 1. The van der Waals surface area contributed by atoms with Gasteiger partial charge >= 0.3 is 11.2 Å². The molecule has 1 aliphatic rings. The van der Waals surface area contributed by atoms with E-state index in [1.54, 1.807) is 34.9 Å². The van der Waals surface area contributed by atoms with Gasteiger partial charge in [0.25, 0.3) is 0 Å². The van der Waals surface area contributed by atoms with E-state index in [9.17, 15) is 9.59 Å². The Labute approximate surface area is 259 Å². The maximum absolute atomic E-state index is 12.8. The number of methoxy groups -OCH3 is 2. The molecule has 0 N–H and O–H groups in total. The zero-order valence-electron chi connectivity index (χ0n) is 23.7. The molecule has 2 aromatic heterocycles. The number of esters is 1. The number of nitrogens with zero attached hydrogens (tertiary/aromatic N) is 2. The molecular weight excluding hydrogens is 593 g/mol. The number of carbonyl (C=O) groups is 2. The van der Waals surface area contributed by atoms with E-state index in [-0.39, 0.29) is 24.1 Å². The summed E-state index contributed by atoms with van der Waals surface area (Å²) in [6.07, 6.45) is 3.75. The highest BCUT2D eigenvalue weighted by Gasteiger charge is 2.24. The minimum atomic E-state index is -0.349. The van der Waals surface area contributed by atoms with Crippen molar-refractivity contribution in [3.8, 4) is 11.8 Å². The van der Waals surface area contributed by atoms with Gasteiger partial charge in [-0.3, -0.25) is 9.80 Å². The molecule has 0 radical (unpaired) electrons. The first-order valence-electron chi connectivity index (χ1n) is 13.5. The summed E-state index contributed by atoms with van der Waals surface area (Å²) in [4.78, 5) is 26.2. The van der Waals surface area contributed by atoms with Crippen molar-refractivity contribution >= 4 is 45.6 Å². The molecule has 222 valence electrons. The second kappa shape index (κ2) is 17.1. The summed E-state index contributed by atoms with van der Waals surface area (Å²) in [7, 11) is 3.00. The third-order valence-corrected chi connectivity index (χ3v) is 8.78. The van der Waals surface area contributed by atoms with Crippen LogP contribution in [0.3, 0.4) is 0 Å². The second-order valence-corrected chi connectivity index (χ2v) is 12.0. The molecule has 1 aromatic carbocycles. The van der Waals surface area contributed by atoms with Crippen LogP contribution in [0.15, 0.2) is 64.8 Å². The zero-order valence-corrected chi connectivity index (χ0v) is 26.1. The molecule has 0 fully saturated rings. The topological polar surface area (TPSA) is 77.5 Å². The van der Waals surface area contributed by atoms with Crippen molar-refractivity contribution in [1.29, 1.82) is 0 Å². The summed E-state index contributed by atoms with van der Waals surface area (Å²) >= 11 is 4.18. The minimum absolute atomic E-state index is 0.0421. The Morgan fingerprint density at radius 1 is 1.05 bits per heavy atom. The first-order valence-corrected chi connectivity index (χ1v) is 16.1. The summed E-state index contributed by atoms with van der Waals surface area (Å²) in [5.41, 5.74) is 3.07. The Morgan fingerprint density at radius 3 is 2.74 bits per heavy atom. The van der Waals surface area contributed by atoms with Crippen LogP contribution in [0.2, 0.25) is 0 Å². The van der Waals surface area contributed by atoms with Crippen LogP contribution in [0.1, 0.15) is 37.7 Å². The average Bonchev–Trinajstić information content (AvgIpc) is 3.71. The lowest BCUT2D eigenvalue weighted by Crippen LogP contribution is -2.45. The number of thiophene rings is 2. The Hall–Kier alpha value is -3.11. The molecule has 1 aliphatic heterocycles. The molecule has 3 aromatic rings. The van der Waals surface area contributed by atoms with Gasteiger partial charge in [-0.05, 0) is 71.3 Å². The fourth-order valence-electron chi connectivity index (χ4n) is 4.14. The number of hydrogen-bond acceptors (Lipinski definition) is 10. The van der Waals surface area contributed by atoms with Gasteiger partial charge in [-0.1, -0.05) is 24.0 Å². The maximum Gasteiger partial charge on any atom is 0.348 e.